The summed E-state index contributed by atoms with van der Waals surface area (Å²) in [5.74, 6) is -0.810. The van der Waals surface area contributed by atoms with Gasteiger partial charge in [-0.05, 0) is 62.7 Å². The molecule has 2 aromatic heterocycles. The van der Waals surface area contributed by atoms with Crippen molar-refractivity contribution in [2.75, 3.05) is 23.7 Å². The van der Waals surface area contributed by atoms with Gasteiger partial charge in [0.1, 0.15) is 0 Å². The molecular weight excluding hydrogens is 707 g/mol. The Morgan fingerprint density at radius 3 is 1.69 bits per heavy atom. The van der Waals surface area contributed by atoms with Crippen LogP contribution in [0.25, 0.3) is 0 Å². The first-order valence-corrected chi connectivity index (χ1v) is 18.0. The van der Waals surface area contributed by atoms with Crippen LogP contribution < -0.4 is 9.44 Å². The summed E-state index contributed by atoms with van der Waals surface area (Å²) >= 11 is 13.9. The smallest absolute Gasteiger partial charge is 0.310 e. The molecule has 0 amide bonds. The number of hydrogen-bond donors (Lipinski definition) is 2. The lowest BCUT2D eigenvalue weighted by molar-refractivity contribution is -0.140. The van der Waals surface area contributed by atoms with Crippen LogP contribution in [-0.4, -0.2) is 53.0 Å². The molecule has 0 radical (unpaired) electrons. The van der Waals surface area contributed by atoms with Crippen LogP contribution in [0, 0.1) is 20.8 Å². The number of nitrogens with one attached hydrogen (secondary N) is 2. The van der Waals surface area contributed by atoms with Crippen molar-refractivity contribution in [2.24, 2.45) is 0 Å². The van der Waals surface area contributed by atoms with E-state index in [9.17, 15) is 26.4 Å². The van der Waals surface area contributed by atoms with Crippen molar-refractivity contribution in [2.45, 2.75) is 43.4 Å². The van der Waals surface area contributed by atoms with Crippen molar-refractivity contribution in [3.63, 3.8) is 0 Å². The minimum atomic E-state index is -3.81. The molecule has 0 saturated heterocycles. The molecule has 4 aromatic rings. The zero-order valence-electron chi connectivity index (χ0n) is 24.5. The number of rotatable bonds is 10. The highest BCUT2D eigenvalue weighted by molar-refractivity contribution is 7.93. The Labute approximate surface area is 278 Å². The van der Waals surface area contributed by atoms with Crippen molar-refractivity contribution in [1.29, 1.82) is 0 Å². The number of aromatic nitrogens is 2. The Balaban J connectivity index is 0.000000246. The Morgan fingerprint density at radius 2 is 1.22 bits per heavy atom. The fourth-order valence-corrected chi connectivity index (χ4v) is 8.51. The van der Waals surface area contributed by atoms with Crippen LogP contribution >= 0.6 is 45.9 Å². The maximum absolute atomic E-state index is 12.5. The summed E-state index contributed by atoms with van der Waals surface area (Å²) in [7, 11) is -4.96. The molecule has 0 aliphatic carbocycles. The first-order valence-electron chi connectivity index (χ1n) is 12.7. The van der Waals surface area contributed by atoms with Gasteiger partial charge in [-0.3, -0.25) is 19.0 Å². The van der Waals surface area contributed by atoms with E-state index >= 15 is 0 Å². The lowest BCUT2D eigenvalue weighted by atomic mass is 10.2. The molecule has 0 spiro atoms. The lowest BCUT2D eigenvalue weighted by Crippen LogP contribution is -2.14. The molecule has 242 valence electrons. The highest BCUT2D eigenvalue weighted by Gasteiger charge is 2.22. The minimum Gasteiger partial charge on any atom is -0.469 e. The molecular formula is C27H28Cl2N4O8S4. The van der Waals surface area contributed by atoms with Crippen LogP contribution in [0.3, 0.4) is 0 Å². The molecule has 0 atom stereocenters. The van der Waals surface area contributed by atoms with E-state index in [-0.39, 0.29) is 32.9 Å². The fourth-order valence-electron chi connectivity index (χ4n) is 3.51. The Bertz CT molecular complexity index is 1910. The highest BCUT2D eigenvalue weighted by Crippen LogP contribution is 2.29. The number of hydrogen-bond acceptors (Lipinski definition) is 12. The van der Waals surface area contributed by atoms with Crippen molar-refractivity contribution < 1.29 is 35.9 Å². The number of thiazole rings is 2. The third-order valence-corrected chi connectivity index (χ3v) is 11.8. The van der Waals surface area contributed by atoms with E-state index in [0.29, 0.717) is 36.8 Å². The van der Waals surface area contributed by atoms with Gasteiger partial charge in [0, 0.05) is 19.8 Å². The normalized spacial score (nSPS) is 11.3. The second kappa shape index (κ2) is 15.3. The number of sulfonamides is 2. The van der Waals surface area contributed by atoms with E-state index in [2.05, 4.69) is 28.9 Å². The number of carbonyl (C=O) groups is 2. The van der Waals surface area contributed by atoms with E-state index in [0.717, 1.165) is 22.7 Å². The SMILES string of the molecule is COC(=O)Cc1sc(NS(=O)(=O)c2ccc(Cl)cc2)nc1C.COC(=O)Cc1sc(NS(=O)(=O)c2cccc(Cl)c2C)nc1C. The zero-order chi connectivity index (χ0) is 33.5. The molecule has 0 aliphatic rings. The van der Waals surface area contributed by atoms with E-state index in [4.69, 9.17) is 23.2 Å². The van der Waals surface area contributed by atoms with Crippen LogP contribution in [0.2, 0.25) is 10.0 Å². The predicted octanol–water partition coefficient (Wildman–Crippen LogP) is 5.55. The van der Waals surface area contributed by atoms with Gasteiger partial charge in [-0.1, -0.05) is 29.3 Å². The Morgan fingerprint density at radius 1 is 0.756 bits per heavy atom. The number of nitrogens with zero attached hydrogens (tertiary/aromatic N) is 2. The molecule has 0 unspecified atom stereocenters. The van der Waals surface area contributed by atoms with Gasteiger partial charge < -0.3 is 9.47 Å². The molecule has 12 nitrogen and oxygen atoms in total. The second-order valence-electron chi connectivity index (χ2n) is 9.09. The van der Waals surface area contributed by atoms with Gasteiger partial charge in [0.2, 0.25) is 0 Å². The van der Waals surface area contributed by atoms with Crippen molar-refractivity contribution in [3.05, 3.63) is 79.2 Å². The maximum Gasteiger partial charge on any atom is 0.310 e. The summed E-state index contributed by atoms with van der Waals surface area (Å²) in [6.07, 6.45) is 0.112. The zero-order valence-corrected chi connectivity index (χ0v) is 29.3. The van der Waals surface area contributed by atoms with Gasteiger partial charge in [0.25, 0.3) is 20.0 Å². The molecule has 0 aliphatic heterocycles. The van der Waals surface area contributed by atoms with E-state index in [1.165, 1.54) is 44.6 Å². The number of anilines is 2. The quantitative estimate of drug-likeness (QED) is 0.197. The minimum absolute atomic E-state index is 0.0535. The van der Waals surface area contributed by atoms with Crippen molar-refractivity contribution in [1.82, 2.24) is 9.97 Å². The highest BCUT2D eigenvalue weighted by atomic mass is 35.5. The Kier molecular flexibility index (Phi) is 12.3. The van der Waals surface area contributed by atoms with Crippen LogP contribution in [-0.2, 0) is 52.0 Å². The first-order chi connectivity index (χ1) is 21.1. The monoisotopic (exact) mass is 734 g/mol. The lowest BCUT2D eigenvalue weighted by Gasteiger charge is -2.09. The third-order valence-electron chi connectivity index (χ3n) is 5.93. The van der Waals surface area contributed by atoms with Gasteiger partial charge >= 0.3 is 11.9 Å². The van der Waals surface area contributed by atoms with Gasteiger partial charge in [-0.15, -0.1) is 22.7 Å². The van der Waals surface area contributed by atoms with Gasteiger partial charge in [-0.2, -0.15) is 0 Å². The predicted molar refractivity (Wildman–Crippen MR) is 174 cm³/mol. The molecule has 0 saturated carbocycles. The molecule has 2 heterocycles. The van der Waals surface area contributed by atoms with Crippen molar-refractivity contribution in [3.8, 4) is 0 Å². The Hall–Kier alpha value is -3.28. The fraction of sp³-hybridized carbons (Fsp3) is 0.259. The van der Waals surface area contributed by atoms with E-state index in [1.807, 2.05) is 0 Å². The van der Waals surface area contributed by atoms with Crippen LogP contribution in [0.1, 0.15) is 26.7 Å². The molecule has 2 N–H and O–H groups in total. The maximum atomic E-state index is 12.5. The summed E-state index contributed by atoms with van der Waals surface area (Å²) < 4.78 is 63.4. The average molecular weight is 736 g/mol. The van der Waals surface area contributed by atoms with Crippen molar-refractivity contribution >= 4 is 88.1 Å². The van der Waals surface area contributed by atoms with Crippen LogP contribution in [0.4, 0.5) is 10.3 Å². The van der Waals surface area contributed by atoms with Crippen LogP contribution in [0.15, 0.2) is 52.3 Å². The van der Waals surface area contributed by atoms with Gasteiger partial charge in [-0.25, -0.2) is 26.8 Å². The summed E-state index contributed by atoms with van der Waals surface area (Å²) in [4.78, 5) is 32.4. The third kappa shape index (κ3) is 9.85. The van der Waals surface area contributed by atoms with E-state index in [1.54, 1.807) is 32.9 Å². The number of halogens is 2. The second-order valence-corrected chi connectivity index (χ2v) is 15.4. The standard InChI is InChI=1S/C14H15ClN2O4S2.C13H13ClN2O4S2/c1-8-10(15)5-4-6-12(8)23(19,20)17-14-16-9(2)11(22-14)7-13(18)21-3;1-8-11(7-12(17)20-2)21-13(15-8)16-22(18,19)10-5-3-9(14)4-6-10/h4-6H,7H2,1-3H3,(H,16,17);3-6H,7H2,1-2H3,(H,15,16). The first kappa shape index (κ1) is 36.2. The molecule has 45 heavy (non-hydrogen) atoms. The topological polar surface area (TPSA) is 171 Å². The molecule has 2 aromatic carbocycles. The molecule has 18 heteroatoms. The summed E-state index contributed by atoms with van der Waals surface area (Å²) in [5, 5.41) is 1.21. The average Bonchev–Trinajstić information content (AvgIpc) is 3.48. The summed E-state index contributed by atoms with van der Waals surface area (Å²) in [5.41, 5.74) is 1.63. The number of methoxy groups -OCH3 is 2. The molecule has 0 bridgehead atoms. The number of benzene rings is 2. The number of ether oxygens (including phenoxy) is 2. The van der Waals surface area contributed by atoms with Gasteiger partial charge in [0.05, 0.1) is 48.2 Å². The largest absolute Gasteiger partial charge is 0.469 e. The molecule has 4 rings (SSSR count). The summed E-state index contributed by atoms with van der Waals surface area (Å²) in [6, 6.07) is 10.5. The summed E-state index contributed by atoms with van der Waals surface area (Å²) in [6.45, 7) is 5.04. The van der Waals surface area contributed by atoms with Gasteiger partial charge in [0.15, 0.2) is 10.3 Å². The number of esters is 2. The number of carbonyl (C=O) groups excluding carboxylic acids is 2. The van der Waals surface area contributed by atoms with Crippen LogP contribution in [0.5, 0.6) is 0 Å². The molecule has 0 fully saturated rings. The number of aryl methyl sites for hydroxylation is 2. The van der Waals surface area contributed by atoms with E-state index < -0.39 is 32.0 Å².